The fraction of sp³-hybridized carbons (Fsp3) is 0.385. The standard InChI is InChI=1S/C13H15BrN2O3/c14-10-2-1-9(7-11(10)15)12(17)16-5-3-8(4-6-16)13(18)19/h1-2,7-8H,3-6,15H2,(H,18,19). The number of benzene rings is 1. The molecule has 1 heterocycles. The zero-order chi connectivity index (χ0) is 14.0. The number of halogens is 1. The van der Waals surface area contributed by atoms with Gasteiger partial charge in [0.2, 0.25) is 0 Å². The monoisotopic (exact) mass is 326 g/mol. The normalized spacial score (nSPS) is 16.4. The Balaban J connectivity index is 2.05. The Morgan fingerprint density at radius 3 is 2.47 bits per heavy atom. The van der Waals surface area contributed by atoms with Crippen LogP contribution in [0.3, 0.4) is 0 Å². The topological polar surface area (TPSA) is 83.6 Å². The number of carbonyl (C=O) groups is 2. The molecule has 1 aromatic rings. The van der Waals surface area contributed by atoms with Crippen LogP contribution in [-0.2, 0) is 4.79 Å². The van der Waals surface area contributed by atoms with Crippen molar-refractivity contribution in [3.63, 3.8) is 0 Å². The first-order valence-corrected chi connectivity index (χ1v) is 6.85. The minimum Gasteiger partial charge on any atom is -0.481 e. The number of carboxylic acid groups (broad SMARTS) is 1. The lowest BCUT2D eigenvalue weighted by Crippen LogP contribution is -2.40. The molecule has 0 spiro atoms. The summed E-state index contributed by atoms with van der Waals surface area (Å²) in [5.41, 5.74) is 6.81. The Morgan fingerprint density at radius 2 is 1.95 bits per heavy atom. The van der Waals surface area contributed by atoms with Crippen molar-refractivity contribution in [1.29, 1.82) is 0 Å². The minimum atomic E-state index is -0.778. The van der Waals surface area contributed by atoms with Gasteiger partial charge in [-0.05, 0) is 47.0 Å². The number of likely N-dealkylation sites (tertiary alicyclic amines) is 1. The Kier molecular flexibility index (Phi) is 4.09. The molecule has 1 aliphatic rings. The van der Waals surface area contributed by atoms with Crippen molar-refractivity contribution in [2.45, 2.75) is 12.8 Å². The van der Waals surface area contributed by atoms with Crippen LogP contribution in [0, 0.1) is 5.92 Å². The number of piperidine rings is 1. The van der Waals surface area contributed by atoms with Crippen LogP contribution < -0.4 is 5.73 Å². The van der Waals surface area contributed by atoms with E-state index in [0.29, 0.717) is 37.2 Å². The highest BCUT2D eigenvalue weighted by Crippen LogP contribution is 2.23. The van der Waals surface area contributed by atoms with Gasteiger partial charge in [0.1, 0.15) is 0 Å². The number of rotatable bonds is 2. The highest BCUT2D eigenvalue weighted by Gasteiger charge is 2.27. The summed E-state index contributed by atoms with van der Waals surface area (Å²) in [4.78, 5) is 24.8. The van der Waals surface area contributed by atoms with Gasteiger partial charge in [0.15, 0.2) is 0 Å². The molecule has 1 fully saturated rings. The average molecular weight is 327 g/mol. The van der Waals surface area contributed by atoms with Crippen LogP contribution in [0.4, 0.5) is 5.69 Å². The van der Waals surface area contributed by atoms with E-state index in [-0.39, 0.29) is 11.8 Å². The molecule has 19 heavy (non-hydrogen) atoms. The fourth-order valence-electron chi connectivity index (χ4n) is 2.19. The van der Waals surface area contributed by atoms with Gasteiger partial charge in [0.05, 0.1) is 5.92 Å². The number of amides is 1. The zero-order valence-corrected chi connectivity index (χ0v) is 11.9. The van der Waals surface area contributed by atoms with Crippen molar-refractivity contribution < 1.29 is 14.7 Å². The molecule has 1 aliphatic heterocycles. The fourth-order valence-corrected chi connectivity index (χ4v) is 2.44. The Morgan fingerprint density at radius 1 is 1.32 bits per heavy atom. The number of carbonyl (C=O) groups excluding carboxylic acids is 1. The van der Waals surface area contributed by atoms with Crippen LogP contribution in [0.25, 0.3) is 0 Å². The molecule has 0 atom stereocenters. The van der Waals surface area contributed by atoms with Gasteiger partial charge in [-0.2, -0.15) is 0 Å². The number of nitrogens with two attached hydrogens (primary N) is 1. The molecule has 1 aromatic carbocycles. The van der Waals surface area contributed by atoms with Gasteiger partial charge in [-0.15, -0.1) is 0 Å². The number of carboxylic acids is 1. The van der Waals surface area contributed by atoms with Crippen molar-refractivity contribution in [1.82, 2.24) is 4.90 Å². The molecule has 0 saturated carbocycles. The number of nitrogens with zero attached hydrogens (tertiary/aromatic N) is 1. The first-order chi connectivity index (χ1) is 8.99. The lowest BCUT2D eigenvalue weighted by atomic mass is 9.96. The summed E-state index contributed by atoms with van der Waals surface area (Å²) in [6, 6.07) is 5.09. The molecular weight excluding hydrogens is 312 g/mol. The van der Waals surface area contributed by atoms with E-state index >= 15 is 0 Å². The molecule has 0 unspecified atom stereocenters. The summed E-state index contributed by atoms with van der Waals surface area (Å²) < 4.78 is 0.758. The third-order valence-corrected chi connectivity index (χ3v) is 4.10. The van der Waals surface area contributed by atoms with E-state index in [1.807, 2.05) is 0 Å². The second kappa shape index (κ2) is 5.61. The molecule has 3 N–H and O–H groups in total. The van der Waals surface area contributed by atoms with Gasteiger partial charge in [-0.1, -0.05) is 0 Å². The van der Waals surface area contributed by atoms with Gasteiger partial charge < -0.3 is 15.7 Å². The van der Waals surface area contributed by atoms with Gasteiger partial charge in [-0.3, -0.25) is 9.59 Å². The van der Waals surface area contributed by atoms with Gasteiger partial charge in [0, 0.05) is 28.8 Å². The summed E-state index contributed by atoms with van der Waals surface area (Å²) in [5, 5.41) is 8.92. The van der Waals surface area contributed by atoms with Crippen molar-refractivity contribution in [3.05, 3.63) is 28.2 Å². The molecule has 1 saturated heterocycles. The van der Waals surface area contributed by atoms with Crippen molar-refractivity contribution in [2.75, 3.05) is 18.8 Å². The molecule has 2 rings (SSSR count). The molecule has 0 aliphatic carbocycles. The van der Waals surface area contributed by atoms with E-state index in [2.05, 4.69) is 15.9 Å². The smallest absolute Gasteiger partial charge is 0.306 e. The summed E-state index contributed by atoms with van der Waals surface area (Å²) in [7, 11) is 0. The Hall–Kier alpha value is -1.56. The quantitative estimate of drug-likeness (QED) is 0.814. The van der Waals surface area contributed by atoms with E-state index in [0.717, 1.165) is 4.47 Å². The van der Waals surface area contributed by atoms with Gasteiger partial charge in [0.25, 0.3) is 5.91 Å². The van der Waals surface area contributed by atoms with Gasteiger partial charge in [-0.25, -0.2) is 0 Å². The van der Waals surface area contributed by atoms with Crippen LogP contribution in [-0.4, -0.2) is 35.0 Å². The molecular formula is C13H15BrN2O3. The van der Waals surface area contributed by atoms with Crippen LogP contribution in [0.5, 0.6) is 0 Å². The second-order valence-corrected chi connectivity index (χ2v) is 5.50. The first-order valence-electron chi connectivity index (χ1n) is 6.06. The average Bonchev–Trinajstić information content (AvgIpc) is 2.41. The van der Waals surface area contributed by atoms with Crippen molar-refractivity contribution >= 4 is 33.5 Å². The maximum Gasteiger partial charge on any atom is 0.306 e. The van der Waals surface area contributed by atoms with E-state index < -0.39 is 5.97 Å². The number of anilines is 1. The summed E-state index contributed by atoms with van der Waals surface area (Å²) in [5.74, 6) is -1.21. The maximum atomic E-state index is 12.2. The van der Waals surface area contributed by atoms with Crippen LogP contribution in [0.1, 0.15) is 23.2 Å². The lowest BCUT2D eigenvalue weighted by molar-refractivity contribution is -0.143. The van der Waals surface area contributed by atoms with Crippen LogP contribution in [0.15, 0.2) is 22.7 Å². The first kappa shape index (κ1) is 13.9. The molecule has 6 heteroatoms. The van der Waals surface area contributed by atoms with Crippen molar-refractivity contribution in [2.24, 2.45) is 5.92 Å². The number of nitrogen functional groups attached to an aromatic ring is 1. The third kappa shape index (κ3) is 3.07. The SMILES string of the molecule is Nc1cc(C(=O)N2CCC(C(=O)O)CC2)ccc1Br. The molecule has 5 nitrogen and oxygen atoms in total. The van der Waals surface area contributed by atoms with Crippen LogP contribution >= 0.6 is 15.9 Å². The molecule has 0 radical (unpaired) electrons. The molecule has 102 valence electrons. The highest BCUT2D eigenvalue weighted by atomic mass is 79.9. The predicted octanol–water partition coefficient (Wildman–Crippen LogP) is 1.97. The maximum absolute atomic E-state index is 12.2. The summed E-state index contributed by atoms with van der Waals surface area (Å²) in [6.07, 6.45) is 1.01. The van der Waals surface area contributed by atoms with E-state index in [1.54, 1.807) is 23.1 Å². The largest absolute Gasteiger partial charge is 0.481 e. The Labute approximate surface area is 119 Å². The molecule has 0 aromatic heterocycles. The number of hydrogen-bond donors (Lipinski definition) is 2. The minimum absolute atomic E-state index is 0.0944. The van der Waals surface area contributed by atoms with Crippen molar-refractivity contribution in [3.8, 4) is 0 Å². The molecule has 1 amide bonds. The molecule has 0 bridgehead atoms. The summed E-state index contributed by atoms with van der Waals surface area (Å²) in [6.45, 7) is 0.956. The van der Waals surface area contributed by atoms with E-state index in [4.69, 9.17) is 10.8 Å². The Bertz CT molecular complexity index is 511. The van der Waals surface area contributed by atoms with Gasteiger partial charge >= 0.3 is 5.97 Å². The third-order valence-electron chi connectivity index (χ3n) is 3.37. The van der Waals surface area contributed by atoms with E-state index in [1.165, 1.54) is 0 Å². The lowest BCUT2D eigenvalue weighted by Gasteiger charge is -2.30. The predicted molar refractivity (Wildman–Crippen MR) is 74.8 cm³/mol. The number of hydrogen-bond acceptors (Lipinski definition) is 3. The summed E-state index contributed by atoms with van der Waals surface area (Å²) >= 11 is 3.28. The van der Waals surface area contributed by atoms with E-state index in [9.17, 15) is 9.59 Å². The number of aliphatic carboxylic acids is 1. The van der Waals surface area contributed by atoms with Crippen LogP contribution in [0.2, 0.25) is 0 Å². The highest BCUT2D eigenvalue weighted by molar-refractivity contribution is 9.10. The zero-order valence-electron chi connectivity index (χ0n) is 10.3. The second-order valence-electron chi connectivity index (χ2n) is 4.64.